The van der Waals surface area contributed by atoms with E-state index in [1.54, 1.807) is 68.4 Å². The molecule has 0 radical (unpaired) electrons. The Labute approximate surface area is 187 Å². The molecule has 0 spiro atoms. The molecule has 0 fully saturated rings. The van der Waals surface area contributed by atoms with Crippen LogP contribution in [0.3, 0.4) is 0 Å². The molecule has 0 aliphatic rings. The van der Waals surface area contributed by atoms with Crippen molar-refractivity contribution in [3.05, 3.63) is 90.0 Å². The van der Waals surface area contributed by atoms with Gasteiger partial charge in [0, 0.05) is 24.3 Å². The van der Waals surface area contributed by atoms with Crippen molar-refractivity contribution in [1.82, 2.24) is 4.31 Å². The van der Waals surface area contributed by atoms with Gasteiger partial charge in [0.2, 0.25) is 10.0 Å². The summed E-state index contributed by atoms with van der Waals surface area (Å²) in [6.07, 6.45) is 0. The van der Waals surface area contributed by atoms with E-state index in [1.165, 1.54) is 22.5 Å². The lowest BCUT2D eigenvalue weighted by Gasteiger charge is -2.18. The first-order valence-electron chi connectivity index (χ1n) is 10.1. The lowest BCUT2D eigenvalue weighted by molar-refractivity contribution is 0.0734. The SMILES string of the molecule is CCN(CC)S(=O)(=O)c1cccc(C(=O)Nc2ccc(C(=O)Oc3ccccc3)cc2)c1. The van der Waals surface area contributed by atoms with Gasteiger partial charge in [-0.3, -0.25) is 4.79 Å². The molecule has 3 rings (SSSR count). The number of hydrogen-bond donors (Lipinski definition) is 1. The topological polar surface area (TPSA) is 92.8 Å². The molecule has 0 atom stereocenters. The Kier molecular flexibility index (Phi) is 7.40. The smallest absolute Gasteiger partial charge is 0.343 e. The molecular weight excluding hydrogens is 428 g/mol. The standard InChI is InChI=1S/C24H24N2O5S/c1-3-26(4-2)32(29,30)22-12-8-9-19(17-22)23(27)25-20-15-13-18(14-16-20)24(28)31-21-10-6-5-7-11-21/h5-17H,3-4H2,1-2H3,(H,25,27). The summed E-state index contributed by atoms with van der Waals surface area (Å²) < 4.78 is 32.0. The first kappa shape index (κ1) is 23.2. The summed E-state index contributed by atoms with van der Waals surface area (Å²) in [5, 5.41) is 2.71. The number of para-hydroxylation sites is 1. The van der Waals surface area contributed by atoms with Gasteiger partial charge in [0.05, 0.1) is 10.5 Å². The van der Waals surface area contributed by atoms with Gasteiger partial charge < -0.3 is 10.1 Å². The van der Waals surface area contributed by atoms with Crippen LogP contribution in [0.15, 0.2) is 83.8 Å². The Morgan fingerprint density at radius 2 is 1.50 bits per heavy atom. The molecule has 8 heteroatoms. The Morgan fingerprint density at radius 3 is 2.12 bits per heavy atom. The predicted molar refractivity (Wildman–Crippen MR) is 122 cm³/mol. The summed E-state index contributed by atoms with van der Waals surface area (Å²) in [4.78, 5) is 24.9. The maximum Gasteiger partial charge on any atom is 0.343 e. The lowest BCUT2D eigenvalue weighted by atomic mass is 10.2. The number of rotatable bonds is 8. The van der Waals surface area contributed by atoms with Crippen molar-refractivity contribution in [2.24, 2.45) is 0 Å². The number of benzene rings is 3. The molecule has 32 heavy (non-hydrogen) atoms. The van der Waals surface area contributed by atoms with Gasteiger partial charge in [0.15, 0.2) is 0 Å². The van der Waals surface area contributed by atoms with Gasteiger partial charge in [-0.25, -0.2) is 13.2 Å². The Hall–Kier alpha value is -3.49. The van der Waals surface area contributed by atoms with E-state index in [1.807, 2.05) is 6.07 Å². The fourth-order valence-electron chi connectivity index (χ4n) is 3.06. The molecule has 1 amide bonds. The number of ether oxygens (including phenoxy) is 1. The number of anilines is 1. The molecule has 0 unspecified atom stereocenters. The van der Waals surface area contributed by atoms with Crippen LogP contribution >= 0.6 is 0 Å². The van der Waals surface area contributed by atoms with Crippen LogP contribution in [0, 0.1) is 0 Å². The summed E-state index contributed by atoms with van der Waals surface area (Å²) in [7, 11) is -3.67. The molecule has 0 aromatic heterocycles. The predicted octanol–water partition coefficient (Wildman–Crippen LogP) is 4.19. The fraction of sp³-hybridized carbons (Fsp3) is 0.167. The zero-order chi connectivity index (χ0) is 23.1. The first-order valence-corrected chi connectivity index (χ1v) is 11.6. The van der Waals surface area contributed by atoms with Crippen molar-refractivity contribution < 1.29 is 22.7 Å². The second kappa shape index (κ2) is 10.2. The fourth-order valence-corrected chi connectivity index (χ4v) is 4.56. The van der Waals surface area contributed by atoms with Crippen LogP contribution in [0.5, 0.6) is 5.75 Å². The normalized spacial score (nSPS) is 11.2. The average Bonchev–Trinajstić information content (AvgIpc) is 2.81. The van der Waals surface area contributed by atoms with Crippen LogP contribution in [0.25, 0.3) is 0 Å². The van der Waals surface area contributed by atoms with Gasteiger partial charge >= 0.3 is 5.97 Å². The lowest BCUT2D eigenvalue weighted by Crippen LogP contribution is -2.30. The monoisotopic (exact) mass is 452 g/mol. The van der Waals surface area contributed by atoms with Crippen molar-refractivity contribution >= 4 is 27.6 Å². The number of amides is 1. The highest BCUT2D eigenvalue weighted by Gasteiger charge is 2.22. The third kappa shape index (κ3) is 5.40. The highest BCUT2D eigenvalue weighted by Crippen LogP contribution is 2.19. The van der Waals surface area contributed by atoms with Gasteiger partial charge in [-0.15, -0.1) is 0 Å². The molecule has 1 N–H and O–H groups in total. The van der Waals surface area contributed by atoms with E-state index in [-0.39, 0.29) is 10.5 Å². The average molecular weight is 453 g/mol. The van der Waals surface area contributed by atoms with Crippen LogP contribution in [0.4, 0.5) is 5.69 Å². The van der Waals surface area contributed by atoms with Crippen molar-refractivity contribution in [3.63, 3.8) is 0 Å². The van der Waals surface area contributed by atoms with E-state index < -0.39 is 21.9 Å². The first-order chi connectivity index (χ1) is 15.3. The Balaban J connectivity index is 1.70. The van der Waals surface area contributed by atoms with Crippen molar-refractivity contribution in [1.29, 1.82) is 0 Å². The van der Waals surface area contributed by atoms with Gasteiger partial charge in [-0.2, -0.15) is 4.31 Å². The zero-order valence-electron chi connectivity index (χ0n) is 17.8. The zero-order valence-corrected chi connectivity index (χ0v) is 18.6. The summed E-state index contributed by atoms with van der Waals surface area (Å²) in [5.74, 6) is -0.529. The summed E-state index contributed by atoms with van der Waals surface area (Å²) in [6, 6.07) is 20.9. The largest absolute Gasteiger partial charge is 0.423 e. The van der Waals surface area contributed by atoms with Crippen molar-refractivity contribution in [2.45, 2.75) is 18.7 Å². The van der Waals surface area contributed by atoms with Crippen molar-refractivity contribution in [3.8, 4) is 5.75 Å². The molecule has 166 valence electrons. The molecule has 7 nitrogen and oxygen atoms in total. The molecular formula is C24H24N2O5S. The van der Waals surface area contributed by atoms with Gasteiger partial charge in [0.1, 0.15) is 5.75 Å². The highest BCUT2D eigenvalue weighted by molar-refractivity contribution is 7.89. The highest BCUT2D eigenvalue weighted by atomic mass is 32.2. The van der Waals surface area contributed by atoms with E-state index in [2.05, 4.69) is 5.32 Å². The van der Waals surface area contributed by atoms with E-state index in [9.17, 15) is 18.0 Å². The molecule has 0 saturated heterocycles. The number of hydrogen-bond acceptors (Lipinski definition) is 5. The molecule has 0 aliphatic carbocycles. The second-order valence-corrected chi connectivity index (χ2v) is 8.79. The minimum atomic E-state index is -3.67. The molecule has 0 heterocycles. The minimum absolute atomic E-state index is 0.0628. The van der Waals surface area contributed by atoms with Crippen LogP contribution in [0.2, 0.25) is 0 Å². The van der Waals surface area contributed by atoms with E-state index in [0.29, 0.717) is 30.1 Å². The maximum atomic E-state index is 12.7. The van der Waals surface area contributed by atoms with Crippen molar-refractivity contribution in [2.75, 3.05) is 18.4 Å². The number of esters is 1. The maximum absolute atomic E-state index is 12.7. The third-order valence-corrected chi connectivity index (χ3v) is 6.82. The quantitative estimate of drug-likeness (QED) is 0.409. The minimum Gasteiger partial charge on any atom is -0.423 e. The Morgan fingerprint density at radius 1 is 0.844 bits per heavy atom. The second-order valence-electron chi connectivity index (χ2n) is 6.85. The third-order valence-electron chi connectivity index (χ3n) is 4.77. The van der Waals surface area contributed by atoms with E-state index in [0.717, 1.165) is 0 Å². The van der Waals surface area contributed by atoms with Gasteiger partial charge in [0.25, 0.3) is 5.91 Å². The molecule has 0 saturated carbocycles. The molecule has 0 aliphatic heterocycles. The molecule has 3 aromatic carbocycles. The molecule has 3 aromatic rings. The van der Waals surface area contributed by atoms with Gasteiger partial charge in [-0.1, -0.05) is 38.1 Å². The Bertz CT molecular complexity index is 1190. The number of nitrogens with one attached hydrogen (secondary N) is 1. The number of sulfonamides is 1. The number of carbonyl (C=O) groups excluding carboxylic acids is 2. The number of nitrogens with zero attached hydrogens (tertiary/aromatic N) is 1. The van der Waals surface area contributed by atoms with Crippen LogP contribution in [-0.4, -0.2) is 37.7 Å². The summed E-state index contributed by atoms with van der Waals surface area (Å²) in [5.41, 5.74) is 1.01. The molecule has 0 bridgehead atoms. The van der Waals surface area contributed by atoms with Crippen LogP contribution in [0.1, 0.15) is 34.6 Å². The van der Waals surface area contributed by atoms with Gasteiger partial charge in [-0.05, 0) is 54.6 Å². The number of carbonyl (C=O) groups is 2. The summed E-state index contributed by atoms with van der Waals surface area (Å²) in [6.45, 7) is 4.20. The van der Waals surface area contributed by atoms with E-state index in [4.69, 9.17) is 4.74 Å². The van der Waals surface area contributed by atoms with Crippen LogP contribution < -0.4 is 10.1 Å². The van der Waals surface area contributed by atoms with E-state index >= 15 is 0 Å². The summed E-state index contributed by atoms with van der Waals surface area (Å²) >= 11 is 0. The van der Waals surface area contributed by atoms with Crippen LogP contribution in [-0.2, 0) is 10.0 Å².